The summed E-state index contributed by atoms with van der Waals surface area (Å²) in [6.07, 6.45) is 0. The Labute approximate surface area is 182 Å². The number of nitrogens with zero attached hydrogens (tertiary/aromatic N) is 1. The summed E-state index contributed by atoms with van der Waals surface area (Å²) < 4.78 is 16.6. The number of carbonyl (C=O) groups excluding carboxylic acids is 1. The summed E-state index contributed by atoms with van der Waals surface area (Å²) >= 11 is 0. The summed E-state index contributed by atoms with van der Waals surface area (Å²) in [5.41, 5.74) is 1.96. The second kappa shape index (κ2) is 9.81. The van der Waals surface area contributed by atoms with E-state index in [-0.39, 0.29) is 18.0 Å². The standard InChI is InChI=1S/C25H28N2O4/c1-18(27-14-16-30-17-15-27)22-12-13-23(31-22)25(28)26-24(19-6-4-3-5-7-19)20-8-10-21(29-2)11-9-20/h3-13,18,24H,14-17H2,1-2H3,(H,26,28)/t18-,24+/m0/s1. The zero-order valence-electron chi connectivity index (χ0n) is 17.9. The minimum absolute atomic E-state index is 0.0944. The Morgan fingerprint density at radius 1 is 0.968 bits per heavy atom. The van der Waals surface area contributed by atoms with Crippen LogP contribution in [0, 0.1) is 0 Å². The van der Waals surface area contributed by atoms with Gasteiger partial charge < -0.3 is 19.2 Å². The molecule has 6 nitrogen and oxygen atoms in total. The topological polar surface area (TPSA) is 63.9 Å². The molecule has 2 atom stereocenters. The average Bonchev–Trinajstić information content (AvgIpc) is 3.34. The number of nitrogens with one attached hydrogen (secondary N) is 1. The van der Waals surface area contributed by atoms with Crippen molar-refractivity contribution in [1.82, 2.24) is 10.2 Å². The number of morpholine rings is 1. The van der Waals surface area contributed by atoms with Gasteiger partial charge in [0.1, 0.15) is 11.5 Å². The Morgan fingerprint density at radius 2 is 1.65 bits per heavy atom. The third kappa shape index (κ3) is 4.98. The molecule has 1 saturated heterocycles. The average molecular weight is 421 g/mol. The third-order valence-corrected chi connectivity index (χ3v) is 5.71. The van der Waals surface area contributed by atoms with Crippen molar-refractivity contribution >= 4 is 5.91 Å². The largest absolute Gasteiger partial charge is 0.497 e. The van der Waals surface area contributed by atoms with Crippen LogP contribution in [0.15, 0.2) is 71.1 Å². The molecular formula is C25H28N2O4. The molecule has 1 N–H and O–H groups in total. The van der Waals surface area contributed by atoms with Crippen LogP contribution >= 0.6 is 0 Å². The lowest BCUT2D eigenvalue weighted by atomic mass is 9.98. The van der Waals surface area contributed by atoms with Crippen LogP contribution in [-0.4, -0.2) is 44.2 Å². The predicted molar refractivity (Wildman–Crippen MR) is 118 cm³/mol. The normalized spacial score (nSPS) is 16.5. The molecule has 0 saturated carbocycles. The molecule has 4 rings (SSSR count). The molecule has 2 heterocycles. The van der Waals surface area contributed by atoms with Crippen molar-refractivity contribution in [1.29, 1.82) is 0 Å². The van der Waals surface area contributed by atoms with Gasteiger partial charge in [-0.3, -0.25) is 9.69 Å². The molecule has 0 aliphatic carbocycles. The quantitative estimate of drug-likeness (QED) is 0.621. The van der Waals surface area contributed by atoms with Gasteiger partial charge in [0.2, 0.25) is 0 Å². The Morgan fingerprint density at radius 3 is 2.32 bits per heavy atom. The van der Waals surface area contributed by atoms with E-state index in [1.807, 2.05) is 60.7 Å². The number of rotatable bonds is 7. The SMILES string of the molecule is COc1ccc([C@H](NC(=O)c2ccc([C@H](C)N3CCOCC3)o2)c2ccccc2)cc1. The minimum Gasteiger partial charge on any atom is -0.497 e. The van der Waals surface area contributed by atoms with Crippen LogP contribution in [0.25, 0.3) is 0 Å². The second-order valence-corrected chi connectivity index (χ2v) is 7.62. The van der Waals surface area contributed by atoms with Crippen LogP contribution in [0.5, 0.6) is 5.75 Å². The molecular weight excluding hydrogens is 392 g/mol. The zero-order valence-corrected chi connectivity index (χ0v) is 17.9. The molecule has 162 valence electrons. The maximum atomic E-state index is 13.1. The van der Waals surface area contributed by atoms with Crippen LogP contribution in [0.4, 0.5) is 0 Å². The van der Waals surface area contributed by atoms with E-state index < -0.39 is 0 Å². The Bertz CT molecular complexity index is 978. The lowest BCUT2D eigenvalue weighted by molar-refractivity contribution is 0.0155. The molecule has 1 aliphatic rings. The fraction of sp³-hybridized carbons (Fsp3) is 0.320. The van der Waals surface area contributed by atoms with Crippen LogP contribution in [0.3, 0.4) is 0 Å². The van der Waals surface area contributed by atoms with Crippen LogP contribution < -0.4 is 10.1 Å². The van der Waals surface area contributed by atoms with E-state index in [1.165, 1.54) is 0 Å². The van der Waals surface area contributed by atoms with Crippen molar-refractivity contribution in [3.8, 4) is 5.75 Å². The van der Waals surface area contributed by atoms with E-state index in [2.05, 4.69) is 17.1 Å². The molecule has 1 fully saturated rings. The van der Waals surface area contributed by atoms with Gasteiger partial charge in [-0.1, -0.05) is 42.5 Å². The first kappa shape index (κ1) is 21.2. The van der Waals surface area contributed by atoms with Gasteiger partial charge in [-0.2, -0.15) is 0 Å². The van der Waals surface area contributed by atoms with Crippen molar-refractivity contribution in [2.45, 2.75) is 19.0 Å². The number of carbonyl (C=O) groups is 1. The monoisotopic (exact) mass is 420 g/mol. The van der Waals surface area contributed by atoms with Gasteiger partial charge in [0.25, 0.3) is 5.91 Å². The maximum Gasteiger partial charge on any atom is 0.287 e. The van der Waals surface area contributed by atoms with Crippen LogP contribution in [0.1, 0.15) is 46.4 Å². The van der Waals surface area contributed by atoms with E-state index in [1.54, 1.807) is 13.2 Å². The summed E-state index contributed by atoms with van der Waals surface area (Å²) in [6.45, 7) is 5.25. The lowest BCUT2D eigenvalue weighted by Gasteiger charge is -2.31. The molecule has 0 unspecified atom stereocenters. The Hall–Kier alpha value is -3.09. The van der Waals surface area contributed by atoms with Crippen LogP contribution in [-0.2, 0) is 4.74 Å². The Kier molecular flexibility index (Phi) is 6.70. The van der Waals surface area contributed by atoms with E-state index in [4.69, 9.17) is 13.9 Å². The van der Waals surface area contributed by atoms with E-state index in [9.17, 15) is 4.79 Å². The van der Waals surface area contributed by atoms with Crippen molar-refractivity contribution in [2.75, 3.05) is 33.4 Å². The number of hydrogen-bond acceptors (Lipinski definition) is 5. The van der Waals surface area contributed by atoms with Gasteiger partial charge in [0, 0.05) is 13.1 Å². The number of methoxy groups -OCH3 is 1. The van der Waals surface area contributed by atoms with Crippen molar-refractivity contribution < 1.29 is 18.7 Å². The smallest absolute Gasteiger partial charge is 0.287 e. The molecule has 1 aromatic heterocycles. The zero-order chi connectivity index (χ0) is 21.6. The highest BCUT2D eigenvalue weighted by molar-refractivity contribution is 5.92. The number of furan rings is 1. The highest BCUT2D eigenvalue weighted by Crippen LogP contribution is 2.26. The first-order valence-corrected chi connectivity index (χ1v) is 10.6. The second-order valence-electron chi connectivity index (χ2n) is 7.62. The van der Waals surface area contributed by atoms with E-state index in [0.29, 0.717) is 5.76 Å². The first-order valence-electron chi connectivity index (χ1n) is 10.6. The van der Waals surface area contributed by atoms with E-state index >= 15 is 0 Å². The lowest BCUT2D eigenvalue weighted by Crippen LogP contribution is -2.37. The van der Waals surface area contributed by atoms with Crippen molar-refractivity contribution in [2.24, 2.45) is 0 Å². The summed E-state index contributed by atoms with van der Waals surface area (Å²) in [5, 5.41) is 3.13. The van der Waals surface area contributed by atoms with Gasteiger partial charge >= 0.3 is 0 Å². The van der Waals surface area contributed by atoms with Crippen LogP contribution in [0.2, 0.25) is 0 Å². The van der Waals surface area contributed by atoms with Gasteiger partial charge in [0.15, 0.2) is 5.76 Å². The molecule has 0 radical (unpaired) electrons. The highest BCUT2D eigenvalue weighted by atomic mass is 16.5. The number of hydrogen-bond donors (Lipinski definition) is 1. The predicted octanol–water partition coefficient (Wildman–Crippen LogP) is 4.20. The summed E-state index contributed by atoms with van der Waals surface area (Å²) in [4.78, 5) is 15.4. The third-order valence-electron chi connectivity index (χ3n) is 5.71. The molecule has 1 amide bonds. The van der Waals surface area contributed by atoms with Gasteiger partial charge in [-0.15, -0.1) is 0 Å². The van der Waals surface area contributed by atoms with Crippen molar-refractivity contribution in [3.63, 3.8) is 0 Å². The number of ether oxygens (including phenoxy) is 2. The molecule has 6 heteroatoms. The fourth-order valence-electron chi connectivity index (χ4n) is 3.85. The summed E-state index contributed by atoms with van der Waals surface area (Å²) in [7, 11) is 1.64. The van der Waals surface area contributed by atoms with E-state index in [0.717, 1.165) is 48.9 Å². The van der Waals surface area contributed by atoms with Gasteiger partial charge in [-0.05, 0) is 42.3 Å². The molecule has 0 spiro atoms. The molecule has 0 bridgehead atoms. The van der Waals surface area contributed by atoms with Crippen molar-refractivity contribution in [3.05, 3.63) is 89.4 Å². The maximum absolute atomic E-state index is 13.1. The summed E-state index contributed by atoms with van der Waals surface area (Å²) in [5.74, 6) is 1.62. The molecule has 31 heavy (non-hydrogen) atoms. The molecule has 1 aliphatic heterocycles. The highest BCUT2D eigenvalue weighted by Gasteiger charge is 2.24. The van der Waals surface area contributed by atoms with Gasteiger partial charge in [0.05, 0.1) is 32.4 Å². The van der Waals surface area contributed by atoms with Gasteiger partial charge in [-0.25, -0.2) is 0 Å². The Balaban J connectivity index is 1.53. The minimum atomic E-state index is -0.301. The molecule has 2 aromatic carbocycles. The number of benzene rings is 2. The summed E-state index contributed by atoms with van der Waals surface area (Å²) in [6, 6.07) is 21.0. The molecule has 3 aromatic rings. The number of amides is 1. The fourth-order valence-corrected chi connectivity index (χ4v) is 3.85. The first-order chi connectivity index (χ1) is 15.2.